The molecule has 4 heteroatoms. The smallest absolute Gasteiger partial charge is 0.336 e. The Hall–Kier alpha value is -4.18. The van der Waals surface area contributed by atoms with E-state index in [1.807, 2.05) is 42.5 Å². The fourth-order valence-corrected chi connectivity index (χ4v) is 6.07. The van der Waals surface area contributed by atoms with Crippen LogP contribution in [-0.4, -0.2) is 22.2 Å². The lowest BCUT2D eigenvalue weighted by atomic mass is 9.73. The van der Waals surface area contributed by atoms with Gasteiger partial charge in [-0.3, -0.25) is 0 Å². The number of aromatic carboxylic acids is 2. The van der Waals surface area contributed by atoms with Crippen LogP contribution in [0.3, 0.4) is 0 Å². The number of carboxylic acids is 2. The molecule has 0 heterocycles. The van der Waals surface area contributed by atoms with Gasteiger partial charge in [0, 0.05) is 0 Å². The van der Waals surface area contributed by atoms with Crippen molar-refractivity contribution in [1.82, 2.24) is 0 Å². The number of hydrogen-bond acceptors (Lipinski definition) is 2. The summed E-state index contributed by atoms with van der Waals surface area (Å²) in [7, 11) is 0. The van der Waals surface area contributed by atoms with E-state index >= 15 is 0 Å². The van der Waals surface area contributed by atoms with Crippen molar-refractivity contribution in [3.05, 3.63) is 107 Å². The topological polar surface area (TPSA) is 74.6 Å². The Bertz CT molecular complexity index is 1480. The summed E-state index contributed by atoms with van der Waals surface area (Å²) in [6.45, 7) is 2.07. The van der Waals surface area contributed by atoms with Gasteiger partial charge in [0.25, 0.3) is 0 Å². The highest BCUT2D eigenvalue weighted by molar-refractivity contribution is 6.05. The molecule has 2 N–H and O–H groups in total. The van der Waals surface area contributed by atoms with Gasteiger partial charge in [-0.05, 0) is 81.8 Å². The van der Waals surface area contributed by atoms with Gasteiger partial charge in [-0.1, -0.05) is 99.0 Å². The molecule has 0 radical (unpaired) electrons. The monoisotopic (exact) mass is 504 g/mol. The molecule has 0 atom stereocenters. The standard InChI is InChI=1S/C34H32O4/c1-2-22-21-29(23-13-5-3-6-14-23)31(24-15-7-4-8-16-24)32(26-18-10-12-20-28(26)34(37)38)30(22)25-17-9-11-19-27(25)33(35)36/h3,5-6,9-14,17-21,24H,2,4,7-8,15-16H2,1H3,(H,35,36)(H,37,38). The van der Waals surface area contributed by atoms with Crippen LogP contribution >= 0.6 is 0 Å². The minimum atomic E-state index is -0.994. The van der Waals surface area contributed by atoms with Gasteiger partial charge in [0.05, 0.1) is 11.1 Å². The summed E-state index contributed by atoms with van der Waals surface area (Å²) in [5.41, 5.74) is 7.76. The van der Waals surface area contributed by atoms with Gasteiger partial charge in [-0.25, -0.2) is 9.59 Å². The molecule has 1 saturated carbocycles. The Labute approximate surface area is 223 Å². The normalized spacial score (nSPS) is 13.8. The van der Waals surface area contributed by atoms with Crippen LogP contribution in [0.2, 0.25) is 0 Å². The third kappa shape index (κ3) is 4.74. The summed E-state index contributed by atoms with van der Waals surface area (Å²) < 4.78 is 0. The second kappa shape index (κ2) is 11.1. The molecule has 5 rings (SSSR count). The lowest BCUT2D eigenvalue weighted by molar-refractivity contribution is 0.0686. The Morgan fingerprint density at radius 3 is 1.76 bits per heavy atom. The van der Waals surface area contributed by atoms with Crippen LogP contribution in [-0.2, 0) is 6.42 Å². The Morgan fingerprint density at radius 2 is 1.21 bits per heavy atom. The van der Waals surface area contributed by atoms with E-state index in [1.54, 1.807) is 24.3 Å². The molecule has 4 nitrogen and oxygen atoms in total. The van der Waals surface area contributed by atoms with E-state index in [1.165, 1.54) is 6.42 Å². The van der Waals surface area contributed by atoms with Gasteiger partial charge in [-0.2, -0.15) is 0 Å². The number of carbonyl (C=O) groups is 2. The summed E-state index contributed by atoms with van der Waals surface area (Å²) in [6, 6.07) is 26.8. The fourth-order valence-electron chi connectivity index (χ4n) is 6.07. The quantitative estimate of drug-likeness (QED) is 0.264. The highest BCUT2D eigenvalue weighted by Gasteiger charge is 2.30. The van der Waals surface area contributed by atoms with E-state index in [0.717, 1.165) is 59.1 Å². The van der Waals surface area contributed by atoms with Crippen molar-refractivity contribution in [2.24, 2.45) is 0 Å². The summed E-state index contributed by atoms with van der Waals surface area (Å²) >= 11 is 0. The molecule has 0 bridgehead atoms. The van der Waals surface area contributed by atoms with Crippen LogP contribution in [0.25, 0.3) is 33.4 Å². The Kier molecular flexibility index (Phi) is 7.41. The van der Waals surface area contributed by atoms with Crippen LogP contribution in [0, 0.1) is 0 Å². The predicted octanol–water partition coefficient (Wildman–Crippen LogP) is 8.69. The third-order valence-corrected chi connectivity index (χ3v) is 7.78. The zero-order valence-electron chi connectivity index (χ0n) is 21.6. The molecule has 192 valence electrons. The van der Waals surface area contributed by atoms with Crippen molar-refractivity contribution >= 4 is 11.9 Å². The number of aryl methyl sites for hydroxylation is 1. The highest BCUT2D eigenvalue weighted by atomic mass is 16.4. The highest BCUT2D eigenvalue weighted by Crippen LogP contribution is 2.50. The molecule has 1 aliphatic rings. The maximum Gasteiger partial charge on any atom is 0.336 e. The molecule has 0 aromatic heterocycles. The van der Waals surface area contributed by atoms with Gasteiger partial charge < -0.3 is 10.2 Å². The molecular weight excluding hydrogens is 472 g/mol. The zero-order valence-corrected chi connectivity index (χ0v) is 21.6. The first-order chi connectivity index (χ1) is 18.5. The van der Waals surface area contributed by atoms with Crippen LogP contribution in [0.5, 0.6) is 0 Å². The van der Waals surface area contributed by atoms with Crippen molar-refractivity contribution < 1.29 is 19.8 Å². The molecule has 1 aliphatic carbocycles. The summed E-state index contributed by atoms with van der Waals surface area (Å²) in [5, 5.41) is 20.4. The number of benzene rings is 4. The number of carboxylic acid groups (broad SMARTS) is 2. The fraction of sp³-hybridized carbons (Fsp3) is 0.235. The first-order valence-electron chi connectivity index (χ1n) is 13.4. The summed E-state index contributed by atoms with van der Waals surface area (Å²) in [5.74, 6) is -1.74. The van der Waals surface area contributed by atoms with Gasteiger partial charge in [-0.15, -0.1) is 0 Å². The average Bonchev–Trinajstić information content (AvgIpc) is 2.96. The maximum absolute atomic E-state index is 12.5. The van der Waals surface area contributed by atoms with E-state index in [-0.39, 0.29) is 17.0 Å². The first-order valence-corrected chi connectivity index (χ1v) is 13.4. The predicted molar refractivity (Wildman–Crippen MR) is 152 cm³/mol. The minimum absolute atomic E-state index is 0.221. The van der Waals surface area contributed by atoms with Gasteiger partial charge >= 0.3 is 11.9 Å². The van der Waals surface area contributed by atoms with Crippen LogP contribution in [0.1, 0.15) is 76.8 Å². The molecule has 4 aromatic rings. The van der Waals surface area contributed by atoms with Crippen molar-refractivity contribution in [2.75, 3.05) is 0 Å². The van der Waals surface area contributed by atoms with Crippen molar-refractivity contribution in [1.29, 1.82) is 0 Å². The van der Waals surface area contributed by atoms with E-state index in [9.17, 15) is 19.8 Å². The van der Waals surface area contributed by atoms with Gasteiger partial charge in [0.1, 0.15) is 0 Å². The largest absolute Gasteiger partial charge is 0.478 e. The summed E-state index contributed by atoms with van der Waals surface area (Å²) in [6.07, 6.45) is 6.16. The lowest BCUT2D eigenvalue weighted by Crippen LogP contribution is -2.12. The van der Waals surface area contributed by atoms with E-state index in [4.69, 9.17) is 0 Å². The number of rotatable bonds is 7. The zero-order chi connectivity index (χ0) is 26.6. The van der Waals surface area contributed by atoms with Crippen LogP contribution < -0.4 is 0 Å². The SMILES string of the molecule is CCc1cc(-c2ccccc2)c(C2CCCCC2)c(-c2ccccc2C(=O)O)c1-c1ccccc1C(=O)O. The Balaban J connectivity index is 2.00. The van der Waals surface area contributed by atoms with Crippen molar-refractivity contribution in [3.63, 3.8) is 0 Å². The maximum atomic E-state index is 12.5. The second-order valence-electron chi connectivity index (χ2n) is 10.0. The average molecular weight is 505 g/mol. The molecule has 0 saturated heterocycles. The minimum Gasteiger partial charge on any atom is -0.478 e. The first kappa shape index (κ1) is 25.5. The van der Waals surface area contributed by atoms with E-state index in [0.29, 0.717) is 17.5 Å². The summed E-state index contributed by atoms with van der Waals surface area (Å²) in [4.78, 5) is 24.9. The second-order valence-corrected chi connectivity index (χ2v) is 10.0. The van der Waals surface area contributed by atoms with Crippen molar-refractivity contribution in [2.45, 2.75) is 51.4 Å². The molecular formula is C34H32O4. The van der Waals surface area contributed by atoms with Gasteiger partial charge in [0.15, 0.2) is 0 Å². The molecule has 0 aliphatic heterocycles. The lowest BCUT2D eigenvalue weighted by Gasteiger charge is -2.31. The number of hydrogen-bond donors (Lipinski definition) is 2. The molecule has 0 unspecified atom stereocenters. The van der Waals surface area contributed by atoms with E-state index in [2.05, 4.69) is 25.1 Å². The molecule has 1 fully saturated rings. The van der Waals surface area contributed by atoms with Gasteiger partial charge in [0.2, 0.25) is 0 Å². The molecule has 4 aromatic carbocycles. The molecule has 0 amide bonds. The molecule has 0 spiro atoms. The van der Waals surface area contributed by atoms with Crippen LogP contribution in [0.4, 0.5) is 0 Å². The van der Waals surface area contributed by atoms with Crippen LogP contribution in [0.15, 0.2) is 84.9 Å². The third-order valence-electron chi connectivity index (χ3n) is 7.78. The van der Waals surface area contributed by atoms with E-state index < -0.39 is 11.9 Å². The molecule has 38 heavy (non-hydrogen) atoms. The van der Waals surface area contributed by atoms with Crippen molar-refractivity contribution in [3.8, 4) is 33.4 Å². The Morgan fingerprint density at radius 1 is 0.684 bits per heavy atom.